The number of thiocarbonyl (C=S) groups is 1. The first-order valence-electron chi connectivity index (χ1n) is 6.43. The van der Waals surface area contributed by atoms with Gasteiger partial charge in [0.05, 0.1) is 16.4 Å². The molecule has 0 aliphatic heterocycles. The fraction of sp³-hybridized carbons (Fsp3) is 0.133. The summed E-state index contributed by atoms with van der Waals surface area (Å²) >= 11 is 17.0. The van der Waals surface area contributed by atoms with Crippen LogP contribution in [0, 0.1) is 6.92 Å². The first-order chi connectivity index (χ1) is 10.8. The Balaban J connectivity index is 2.14. The van der Waals surface area contributed by atoms with Crippen molar-refractivity contribution >= 4 is 51.9 Å². The van der Waals surface area contributed by atoms with Crippen molar-refractivity contribution in [1.82, 2.24) is 0 Å². The van der Waals surface area contributed by atoms with Gasteiger partial charge in [0.1, 0.15) is 5.75 Å². The Kier molecular flexibility index (Phi) is 5.98. The number of anilines is 2. The average Bonchev–Trinajstić information content (AvgIpc) is 2.44. The van der Waals surface area contributed by atoms with Crippen LogP contribution < -0.4 is 15.4 Å². The Bertz CT molecular complexity index is 729. The SMILES string of the molecule is Cc1ccc(OC(F)F)c(NC(=S)Nc2ccc(Cl)cc2Cl)c1. The van der Waals surface area contributed by atoms with Gasteiger partial charge < -0.3 is 15.4 Å². The van der Waals surface area contributed by atoms with E-state index in [0.717, 1.165) is 5.56 Å². The first-order valence-corrected chi connectivity index (χ1v) is 7.60. The summed E-state index contributed by atoms with van der Waals surface area (Å²) in [6.45, 7) is -1.10. The van der Waals surface area contributed by atoms with Crippen molar-refractivity contribution in [1.29, 1.82) is 0 Å². The van der Waals surface area contributed by atoms with Gasteiger partial charge in [0.2, 0.25) is 0 Å². The predicted molar refractivity (Wildman–Crippen MR) is 94.1 cm³/mol. The van der Waals surface area contributed by atoms with Crippen LogP contribution in [0.25, 0.3) is 0 Å². The standard InChI is InChI=1S/C15H12Cl2F2N2OS/c1-8-2-5-13(22-14(18)19)12(6-8)21-15(23)20-11-4-3-9(16)7-10(11)17/h2-7,14H,1H3,(H2,20,21,23). The highest BCUT2D eigenvalue weighted by Gasteiger charge is 2.12. The minimum absolute atomic E-state index is 0.00282. The lowest BCUT2D eigenvalue weighted by Gasteiger charge is -2.15. The minimum atomic E-state index is -2.93. The van der Waals surface area contributed by atoms with Gasteiger partial charge in [-0.3, -0.25) is 0 Å². The van der Waals surface area contributed by atoms with Gasteiger partial charge in [0.25, 0.3) is 0 Å². The van der Waals surface area contributed by atoms with Gasteiger partial charge in [-0.2, -0.15) is 8.78 Å². The maximum Gasteiger partial charge on any atom is 0.387 e. The summed E-state index contributed by atoms with van der Waals surface area (Å²) in [4.78, 5) is 0. The number of aryl methyl sites for hydroxylation is 1. The second kappa shape index (κ2) is 7.77. The molecule has 0 amide bonds. The van der Waals surface area contributed by atoms with Crippen molar-refractivity contribution in [2.24, 2.45) is 0 Å². The molecule has 0 aliphatic carbocycles. The van der Waals surface area contributed by atoms with Crippen LogP contribution in [0.1, 0.15) is 5.56 Å². The van der Waals surface area contributed by atoms with Gasteiger partial charge in [-0.25, -0.2) is 0 Å². The van der Waals surface area contributed by atoms with E-state index in [4.69, 9.17) is 35.4 Å². The molecule has 0 aliphatic rings. The summed E-state index contributed by atoms with van der Waals surface area (Å²) in [7, 11) is 0. The molecule has 23 heavy (non-hydrogen) atoms. The summed E-state index contributed by atoms with van der Waals surface area (Å²) in [6.07, 6.45) is 0. The molecule has 0 saturated carbocycles. The number of ether oxygens (including phenoxy) is 1. The Morgan fingerprint density at radius 3 is 2.43 bits per heavy atom. The molecule has 0 radical (unpaired) electrons. The molecule has 0 aromatic heterocycles. The van der Waals surface area contributed by atoms with Crippen LogP contribution in [0.3, 0.4) is 0 Å². The van der Waals surface area contributed by atoms with Crippen LogP contribution in [-0.2, 0) is 0 Å². The van der Waals surface area contributed by atoms with Gasteiger partial charge in [-0.1, -0.05) is 29.3 Å². The molecule has 0 spiro atoms. The van der Waals surface area contributed by atoms with Gasteiger partial charge in [0, 0.05) is 5.02 Å². The molecule has 0 atom stereocenters. The van der Waals surface area contributed by atoms with E-state index in [1.807, 2.05) is 6.92 Å². The number of alkyl halides is 2. The molecular formula is C15H12Cl2F2N2OS. The van der Waals surface area contributed by atoms with Crippen molar-refractivity contribution in [2.75, 3.05) is 10.6 Å². The number of halogens is 4. The largest absolute Gasteiger partial charge is 0.433 e. The van der Waals surface area contributed by atoms with Gasteiger partial charge in [0.15, 0.2) is 5.11 Å². The third-order valence-corrected chi connectivity index (χ3v) is 3.53. The maximum absolute atomic E-state index is 12.4. The van der Waals surface area contributed by atoms with Crippen molar-refractivity contribution in [2.45, 2.75) is 13.5 Å². The normalized spacial score (nSPS) is 10.5. The van der Waals surface area contributed by atoms with Crippen LogP contribution in [0.15, 0.2) is 36.4 Å². The molecular weight excluding hydrogens is 365 g/mol. The molecule has 0 saturated heterocycles. The van der Waals surface area contributed by atoms with Gasteiger partial charge in [-0.05, 0) is 55.0 Å². The molecule has 0 unspecified atom stereocenters. The van der Waals surface area contributed by atoms with E-state index >= 15 is 0 Å². The lowest BCUT2D eigenvalue weighted by molar-refractivity contribution is -0.0493. The molecule has 3 nitrogen and oxygen atoms in total. The molecule has 0 fully saturated rings. The molecule has 2 aromatic carbocycles. The van der Waals surface area contributed by atoms with E-state index in [1.54, 1.807) is 30.3 Å². The third-order valence-electron chi connectivity index (χ3n) is 2.78. The Morgan fingerprint density at radius 2 is 1.78 bits per heavy atom. The third kappa shape index (κ3) is 5.20. The molecule has 2 rings (SSSR count). The lowest BCUT2D eigenvalue weighted by Crippen LogP contribution is -2.20. The maximum atomic E-state index is 12.4. The van der Waals surface area contributed by atoms with E-state index < -0.39 is 6.61 Å². The van der Waals surface area contributed by atoms with Crippen molar-refractivity contribution in [3.8, 4) is 5.75 Å². The van der Waals surface area contributed by atoms with Gasteiger partial charge >= 0.3 is 6.61 Å². The fourth-order valence-corrected chi connectivity index (χ4v) is 2.48. The number of benzene rings is 2. The van der Waals surface area contributed by atoms with Crippen LogP contribution in [-0.4, -0.2) is 11.7 Å². The molecule has 2 N–H and O–H groups in total. The molecule has 0 heterocycles. The fourth-order valence-electron chi connectivity index (χ4n) is 1.81. The van der Waals surface area contributed by atoms with E-state index in [9.17, 15) is 8.78 Å². The smallest absolute Gasteiger partial charge is 0.387 e. The Hall–Kier alpha value is -1.63. The molecule has 2 aromatic rings. The summed E-state index contributed by atoms with van der Waals surface area (Å²) in [5.41, 5.74) is 1.73. The highest BCUT2D eigenvalue weighted by atomic mass is 35.5. The number of hydrogen-bond donors (Lipinski definition) is 2. The van der Waals surface area contributed by atoms with Crippen molar-refractivity contribution in [3.63, 3.8) is 0 Å². The van der Waals surface area contributed by atoms with E-state index in [-0.39, 0.29) is 10.9 Å². The van der Waals surface area contributed by atoms with Crippen LogP contribution in [0.5, 0.6) is 5.75 Å². The zero-order valence-electron chi connectivity index (χ0n) is 11.9. The van der Waals surface area contributed by atoms with E-state index in [0.29, 0.717) is 21.4 Å². The highest BCUT2D eigenvalue weighted by molar-refractivity contribution is 7.80. The molecule has 0 bridgehead atoms. The lowest BCUT2D eigenvalue weighted by atomic mass is 10.2. The average molecular weight is 377 g/mol. The monoisotopic (exact) mass is 376 g/mol. The quantitative estimate of drug-likeness (QED) is 0.669. The second-order valence-corrected chi connectivity index (χ2v) is 5.83. The van der Waals surface area contributed by atoms with E-state index in [2.05, 4.69) is 15.4 Å². The Labute approximate surface area is 147 Å². The molecule has 8 heteroatoms. The topological polar surface area (TPSA) is 33.3 Å². The van der Waals surface area contributed by atoms with Crippen LogP contribution >= 0.6 is 35.4 Å². The second-order valence-electron chi connectivity index (χ2n) is 4.58. The number of hydrogen-bond acceptors (Lipinski definition) is 2. The van der Waals surface area contributed by atoms with Crippen LogP contribution in [0.2, 0.25) is 10.0 Å². The minimum Gasteiger partial charge on any atom is -0.433 e. The predicted octanol–water partition coefficient (Wildman–Crippen LogP) is 5.71. The van der Waals surface area contributed by atoms with Gasteiger partial charge in [-0.15, -0.1) is 0 Å². The number of nitrogens with one attached hydrogen (secondary N) is 2. The van der Waals surface area contributed by atoms with Crippen molar-refractivity contribution in [3.05, 3.63) is 52.0 Å². The summed E-state index contributed by atoms with van der Waals surface area (Å²) in [5, 5.41) is 6.75. The molecule has 122 valence electrons. The summed E-state index contributed by atoms with van der Waals surface area (Å²) in [6, 6.07) is 9.63. The zero-order valence-corrected chi connectivity index (χ0v) is 14.2. The number of rotatable bonds is 4. The van der Waals surface area contributed by atoms with E-state index in [1.165, 1.54) is 6.07 Å². The Morgan fingerprint density at radius 1 is 1.09 bits per heavy atom. The first kappa shape index (κ1) is 17.7. The summed E-state index contributed by atoms with van der Waals surface area (Å²) < 4.78 is 29.4. The summed E-state index contributed by atoms with van der Waals surface area (Å²) in [5.74, 6) is -0.00282. The van der Waals surface area contributed by atoms with Crippen molar-refractivity contribution < 1.29 is 13.5 Å². The highest BCUT2D eigenvalue weighted by Crippen LogP contribution is 2.29. The zero-order chi connectivity index (χ0) is 17.0. The van der Waals surface area contributed by atoms with Crippen LogP contribution in [0.4, 0.5) is 20.2 Å².